The molecule has 1 rings (SSSR count). The third-order valence-corrected chi connectivity index (χ3v) is 3.38. The fourth-order valence-corrected chi connectivity index (χ4v) is 1.56. The van der Waals surface area contributed by atoms with Crippen LogP contribution in [0.15, 0.2) is 0 Å². The lowest BCUT2D eigenvalue weighted by Gasteiger charge is -2.30. The van der Waals surface area contributed by atoms with Gasteiger partial charge in [0.1, 0.15) is 0 Å². The van der Waals surface area contributed by atoms with Gasteiger partial charge in [-0.15, -0.1) is 0 Å². The van der Waals surface area contributed by atoms with E-state index < -0.39 is 0 Å². The van der Waals surface area contributed by atoms with Crippen LogP contribution < -0.4 is 5.73 Å². The molecule has 0 spiro atoms. The smallest absolute Gasteiger partial charge is 0.0773 e. The molecule has 1 saturated carbocycles. The quantitative estimate of drug-likeness (QED) is 0.689. The summed E-state index contributed by atoms with van der Waals surface area (Å²) in [5.41, 5.74) is 5.58. The van der Waals surface area contributed by atoms with Gasteiger partial charge in [0.05, 0.1) is 5.60 Å². The summed E-state index contributed by atoms with van der Waals surface area (Å²) in [5.74, 6) is 0.943. The molecule has 2 N–H and O–H groups in total. The molecule has 0 aromatic carbocycles. The van der Waals surface area contributed by atoms with Crippen LogP contribution in [-0.4, -0.2) is 18.8 Å². The highest BCUT2D eigenvalue weighted by molar-refractivity contribution is 4.75. The molecule has 0 heterocycles. The maximum Gasteiger partial charge on any atom is 0.0773 e. The number of nitrogens with two attached hydrogens (primary N) is 1. The third-order valence-electron chi connectivity index (χ3n) is 3.38. The fourth-order valence-electron chi connectivity index (χ4n) is 1.56. The maximum atomic E-state index is 5.81. The summed E-state index contributed by atoms with van der Waals surface area (Å²) in [6, 6.07) is 0. The maximum absolute atomic E-state index is 5.81. The van der Waals surface area contributed by atoms with Crippen LogP contribution in [0.3, 0.4) is 0 Å². The van der Waals surface area contributed by atoms with Crippen molar-refractivity contribution in [3.05, 3.63) is 0 Å². The van der Waals surface area contributed by atoms with E-state index in [1.807, 2.05) is 0 Å². The number of hydrogen-bond donors (Lipinski definition) is 1. The molecular weight excluding hydrogens is 162 g/mol. The van der Waals surface area contributed by atoms with Crippen molar-refractivity contribution in [2.45, 2.75) is 51.6 Å². The van der Waals surface area contributed by atoms with Gasteiger partial charge in [-0.2, -0.15) is 0 Å². The second kappa shape index (κ2) is 4.97. The Kier molecular flexibility index (Phi) is 4.20. The Bertz CT molecular complexity index is 139. The van der Waals surface area contributed by atoms with Gasteiger partial charge in [-0.3, -0.25) is 0 Å². The Morgan fingerprint density at radius 1 is 1.46 bits per heavy atom. The molecule has 0 aliphatic heterocycles. The predicted octanol–water partition coefficient (Wildman–Crippen LogP) is 2.32. The lowest BCUT2D eigenvalue weighted by molar-refractivity contribution is -0.0360. The monoisotopic (exact) mass is 185 g/mol. The zero-order valence-corrected chi connectivity index (χ0v) is 9.01. The fraction of sp³-hybridized carbons (Fsp3) is 1.00. The molecule has 1 unspecified atom stereocenters. The van der Waals surface area contributed by atoms with E-state index in [0.29, 0.717) is 6.54 Å². The molecule has 0 aromatic heterocycles. The van der Waals surface area contributed by atoms with E-state index in [1.54, 1.807) is 0 Å². The van der Waals surface area contributed by atoms with Gasteiger partial charge >= 0.3 is 0 Å². The molecule has 0 aromatic rings. The van der Waals surface area contributed by atoms with Crippen molar-refractivity contribution in [2.75, 3.05) is 13.2 Å². The molecule has 1 aliphatic carbocycles. The van der Waals surface area contributed by atoms with Crippen molar-refractivity contribution >= 4 is 0 Å². The molecule has 1 fully saturated rings. The van der Waals surface area contributed by atoms with Crippen molar-refractivity contribution in [1.82, 2.24) is 0 Å². The van der Waals surface area contributed by atoms with Crippen molar-refractivity contribution in [1.29, 1.82) is 0 Å². The summed E-state index contributed by atoms with van der Waals surface area (Å²) >= 11 is 0. The first-order chi connectivity index (χ1) is 6.20. The van der Waals surface area contributed by atoms with Gasteiger partial charge in [-0.05, 0) is 25.7 Å². The minimum absolute atomic E-state index is 0.0796. The van der Waals surface area contributed by atoms with Crippen LogP contribution in [0.5, 0.6) is 0 Å². The number of ether oxygens (including phenoxy) is 1. The summed E-state index contributed by atoms with van der Waals surface area (Å²) in [5, 5.41) is 0. The van der Waals surface area contributed by atoms with Gasteiger partial charge in [0.25, 0.3) is 0 Å². The van der Waals surface area contributed by atoms with E-state index in [4.69, 9.17) is 10.5 Å². The topological polar surface area (TPSA) is 35.2 Å². The second-order valence-electron chi connectivity index (χ2n) is 4.44. The zero-order chi connectivity index (χ0) is 9.73. The third kappa shape index (κ3) is 3.28. The Morgan fingerprint density at radius 2 is 2.15 bits per heavy atom. The Hall–Kier alpha value is -0.0800. The first kappa shape index (κ1) is 11.0. The van der Waals surface area contributed by atoms with Gasteiger partial charge in [-0.1, -0.05) is 26.2 Å². The van der Waals surface area contributed by atoms with Gasteiger partial charge < -0.3 is 10.5 Å². The average Bonchev–Trinajstić information content (AvgIpc) is 2.09. The van der Waals surface area contributed by atoms with Crippen LogP contribution in [-0.2, 0) is 4.74 Å². The molecular formula is C11H23NO. The molecule has 13 heavy (non-hydrogen) atoms. The minimum atomic E-state index is -0.0796. The van der Waals surface area contributed by atoms with Crippen LogP contribution in [0.4, 0.5) is 0 Å². The van der Waals surface area contributed by atoms with E-state index in [-0.39, 0.29) is 5.60 Å². The molecule has 1 atom stereocenters. The molecule has 78 valence electrons. The van der Waals surface area contributed by atoms with Gasteiger partial charge in [0, 0.05) is 13.2 Å². The lowest BCUT2D eigenvalue weighted by atomic mass is 9.83. The van der Waals surface area contributed by atoms with E-state index in [2.05, 4.69) is 13.8 Å². The van der Waals surface area contributed by atoms with E-state index in [0.717, 1.165) is 18.9 Å². The summed E-state index contributed by atoms with van der Waals surface area (Å²) < 4.78 is 5.81. The van der Waals surface area contributed by atoms with Crippen LogP contribution in [0.25, 0.3) is 0 Å². The Morgan fingerprint density at radius 3 is 2.54 bits per heavy atom. The summed E-state index contributed by atoms with van der Waals surface area (Å²) in [7, 11) is 0. The highest BCUT2D eigenvalue weighted by atomic mass is 16.5. The van der Waals surface area contributed by atoms with Crippen molar-refractivity contribution in [3.63, 3.8) is 0 Å². The zero-order valence-electron chi connectivity index (χ0n) is 9.01. The van der Waals surface area contributed by atoms with Crippen molar-refractivity contribution < 1.29 is 4.74 Å². The molecule has 1 aliphatic rings. The minimum Gasteiger partial charge on any atom is -0.374 e. The van der Waals surface area contributed by atoms with Gasteiger partial charge in [0.2, 0.25) is 0 Å². The normalized spacial score (nSPS) is 22.4. The van der Waals surface area contributed by atoms with Crippen molar-refractivity contribution in [3.8, 4) is 0 Å². The molecule has 0 bridgehead atoms. The molecule has 0 radical (unpaired) electrons. The molecule has 2 nitrogen and oxygen atoms in total. The standard InChI is InChI=1S/C11H23NO/c1-3-11(2,9-12)13-8-7-10-5-4-6-10/h10H,3-9,12H2,1-2H3. The van der Waals surface area contributed by atoms with Gasteiger partial charge in [-0.25, -0.2) is 0 Å². The van der Waals surface area contributed by atoms with Crippen LogP contribution in [0.1, 0.15) is 46.0 Å². The SMILES string of the molecule is CCC(C)(CN)OCCC1CCC1. The highest BCUT2D eigenvalue weighted by Crippen LogP contribution is 2.29. The first-order valence-electron chi connectivity index (χ1n) is 5.54. The second-order valence-corrected chi connectivity index (χ2v) is 4.44. The number of hydrogen-bond acceptors (Lipinski definition) is 2. The van der Waals surface area contributed by atoms with Gasteiger partial charge in [0.15, 0.2) is 0 Å². The van der Waals surface area contributed by atoms with Crippen LogP contribution in [0, 0.1) is 5.92 Å². The molecule has 0 amide bonds. The Balaban J connectivity index is 2.08. The largest absolute Gasteiger partial charge is 0.374 e. The highest BCUT2D eigenvalue weighted by Gasteiger charge is 2.22. The Labute approximate surface area is 81.8 Å². The molecule has 2 heteroatoms. The van der Waals surface area contributed by atoms with Crippen LogP contribution >= 0.6 is 0 Å². The van der Waals surface area contributed by atoms with Crippen LogP contribution in [0.2, 0.25) is 0 Å². The van der Waals surface area contributed by atoms with E-state index >= 15 is 0 Å². The predicted molar refractivity (Wildman–Crippen MR) is 55.7 cm³/mol. The summed E-state index contributed by atoms with van der Waals surface area (Å²) in [6.07, 6.45) is 6.49. The van der Waals surface area contributed by atoms with E-state index in [1.165, 1.54) is 25.7 Å². The van der Waals surface area contributed by atoms with E-state index in [9.17, 15) is 0 Å². The lowest BCUT2D eigenvalue weighted by Crippen LogP contribution is -2.37. The first-order valence-corrected chi connectivity index (χ1v) is 5.54. The average molecular weight is 185 g/mol. The summed E-state index contributed by atoms with van der Waals surface area (Å²) in [6.45, 7) is 5.77. The summed E-state index contributed by atoms with van der Waals surface area (Å²) in [4.78, 5) is 0. The number of rotatable bonds is 6. The van der Waals surface area contributed by atoms with Crippen molar-refractivity contribution in [2.24, 2.45) is 11.7 Å². The molecule has 0 saturated heterocycles.